The molecule has 76 valence electrons. The second-order valence-electron chi connectivity index (χ2n) is 3.69. The van der Waals surface area contributed by atoms with E-state index in [1.54, 1.807) is 6.07 Å². The highest BCUT2D eigenvalue weighted by molar-refractivity contribution is 9.10. The molecule has 4 heteroatoms. The van der Waals surface area contributed by atoms with E-state index in [-0.39, 0.29) is 11.8 Å². The zero-order valence-corrected chi connectivity index (χ0v) is 9.85. The zero-order valence-electron chi connectivity index (χ0n) is 7.50. The summed E-state index contributed by atoms with van der Waals surface area (Å²) in [6.45, 7) is 0. The highest BCUT2D eigenvalue weighted by atomic mass is 79.9. The molecule has 3 N–H and O–H groups in total. The monoisotopic (exact) mass is 275 g/mol. The molecule has 0 unspecified atom stereocenters. The minimum absolute atomic E-state index is 0.0926. The van der Waals surface area contributed by atoms with Crippen LogP contribution in [0.5, 0.6) is 5.75 Å². The van der Waals surface area contributed by atoms with Gasteiger partial charge in [0.1, 0.15) is 5.75 Å². The van der Waals surface area contributed by atoms with E-state index >= 15 is 0 Å². The number of phenols is 1. The van der Waals surface area contributed by atoms with Crippen LogP contribution < -0.4 is 5.73 Å². The SMILES string of the molecule is N[C@H](c1cc(Br)cc(Cl)c1O)C1CC1. The Labute approximate surface area is 96.2 Å². The molecule has 0 saturated heterocycles. The van der Waals surface area contributed by atoms with E-state index in [2.05, 4.69) is 15.9 Å². The average Bonchev–Trinajstić information content (AvgIpc) is 2.93. The standard InChI is InChI=1S/C10H11BrClNO/c11-6-3-7(9(13)5-1-2-5)10(14)8(12)4-6/h3-5,9,14H,1-2,13H2/t9-/m0/s1. The van der Waals surface area contributed by atoms with Crippen molar-refractivity contribution >= 4 is 27.5 Å². The summed E-state index contributed by atoms with van der Waals surface area (Å²) in [5.41, 5.74) is 6.74. The summed E-state index contributed by atoms with van der Waals surface area (Å²) in [7, 11) is 0. The molecule has 14 heavy (non-hydrogen) atoms. The molecular weight excluding hydrogens is 265 g/mol. The third kappa shape index (κ3) is 1.90. The van der Waals surface area contributed by atoms with Crippen LogP contribution in [-0.4, -0.2) is 5.11 Å². The third-order valence-corrected chi connectivity index (χ3v) is 3.29. The third-order valence-electron chi connectivity index (χ3n) is 2.55. The molecular formula is C10H11BrClNO. The summed E-state index contributed by atoms with van der Waals surface area (Å²) in [4.78, 5) is 0. The molecule has 1 saturated carbocycles. The molecule has 0 heterocycles. The first-order valence-corrected chi connectivity index (χ1v) is 5.70. The van der Waals surface area contributed by atoms with E-state index in [1.165, 1.54) is 0 Å². The molecule has 0 aromatic heterocycles. The van der Waals surface area contributed by atoms with Gasteiger partial charge in [-0.3, -0.25) is 0 Å². The van der Waals surface area contributed by atoms with Crippen LogP contribution in [0.15, 0.2) is 16.6 Å². The molecule has 1 fully saturated rings. The fourth-order valence-corrected chi connectivity index (χ4v) is 2.38. The number of aromatic hydroxyl groups is 1. The fraction of sp³-hybridized carbons (Fsp3) is 0.400. The van der Waals surface area contributed by atoms with Gasteiger partial charge in [-0.15, -0.1) is 0 Å². The van der Waals surface area contributed by atoms with Crippen LogP contribution in [-0.2, 0) is 0 Å². The van der Waals surface area contributed by atoms with Crippen LogP contribution in [0.2, 0.25) is 5.02 Å². The Morgan fingerprint density at radius 1 is 1.50 bits per heavy atom. The van der Waals surface area contributed by atoms with Crippen molar-refractivity contribution in [1.82, 2.24) is 0 Å². The fourth-order valence-electron chi connectivity index (χ4n) is 1.55. The predicted molar refractivity (Wildman–Crippen MR) is 60.5 cm³/mol. The second-order valence-corrected chi connectivity index (χ2v) is 5.01. The van der Waals surface area contributed by atoms with Gasteiger partial charge in [0.25, 0.3) is 0 Å². The first kappa shape index (κ1) is 10.3. The normalized spacial score (nSPS) is 18.2. The topological polar surface area (TPSA) is 46.2 Å². The van der Waals surface area contributed by atoms with Gasteiger partial charge in [-0.25, -0.2) is 0 Å². The van der Waals surface area contributed by atoms with E-state index < -0.39 is 0 Å². The molecule has 1 atom stereocenters. The van der Waals surface area contributed by atoms with E-state index in [1.807, 2.05) is 6.07 Å². The van der Waals surface area contributed by atoms with Gasteiger partial charge in [0.2, 0.25) is 0 Å². The van der Waals surface area contributed by atoms with Gasteiger partial charge in [0.05, 0.1) is 5.02 Å². The Hall–Kier alpha value is -0.250. The number of nitrogens with two attached hydrogens (primary N) is 1. The maximum Gasteiger partial charge on any atom is 0.139 e. The lowest BCUT2D eigenvalue weighted by Gasteiger charge is -2.14. The molecule has 1 aromatic rings. The molecule has 0 spiro atoms. The van der Waals surface area contributed by atoms with Gasteiger partial charge >= 0.3 is 0 Å². The summed E-state index contributed by atoms with van der Waals surface area (Å²) >= 11 is 9.19. The van der Waals surface area contributed by atoms with E-state index in [4.69, 9.17) is 17.3 Å². The Balaban J connectivity index is 2.39. The maximum absolute atomic E-state index is 9.74. The molecule has 1 aliphatic rings. The number of rotatable bonds is 2. The van der Waals surface area contributed by atoms with Crippen LogP contribution in [0.25, 0.3) is 0 Å². The molecule has 1 aliphatic carbocycles. The molecule has 0 amide bonds. The van der Waals surface area contributed by atoms with Gasteiger partial charge in [-0.05, 0) is 30.9 Å². The van der Waals surface area contributed by atoms with E-state index in [0.29, 0.717) is 10.9 Å². The second kappa shape index (κ2) is 3.72. The zero-order chi connectivity index (χ0) is 10.3. The quantitative estimate of drug-likeness (QED) is 0.871. The molecule has 0 radical (unpaired) electrons. The predicted octanol–water partition coefficient (Wildman–Crippen LogP) is 3.22. The Morgan fingerprint density at radius 3 is 2.71 bits per heavy atom. The van der Waals surface area contributed by atoms with Crippen molar-refractivity contribution in [1.29, 1.82) is 0 Å². The van der Waals surface area contributed by atoms with Crippen LogP contribution in [0.3, 0.4) is 0 Å². The van der Waals surface area contributed by atoms with Crippen molar-refractivity contribution in [2.24, 2.45) is 11.7 Å². The summed E-state index contributed by atoms with van der Waals surface area (Å²) in [6, 6.07) is 3.41. The van der Waals surface area contributed by atoms with Crippen LogP contribution in [0.4, 0.5) is 0 Å². The lowest BCUT2D eigenvalue weighted by atomic mass is 10.0. The largest absolute Gasteiger partial charge is 0.506 e. The van der Waals surface area contributed by atoms with Crippen molar-refractivity contribution < 1.29 is 5.11 Å². The first-order valence-electron chi connectivity index (χ1n) is 4.53. The van der Waals surface area contributed by atoms with Gasteiger partial charge in [-0.1, -0.05) is 27.5 Å². The highest BCUT2D eigenvalue weighted by Gasteiger charge is 2.31. The number of halogens is 2. The average molecular weight is 277 g/mol. The lowest BCUT2D eigenvalue weighted by molar-refractivity contribution is 0.456. The van der Waals surface area contributed by atoms with E-state index in [9.17, 15) is 5.11 Å². The van der Waals surface area contributed by atoms with Gasteiger partial charge in [0.15, 0.2) is 0 Å². The van der Waals surface area contributed by atoms with Crippen molar-refractivity contribution in [2.45, 2.75) is 18.9 Å². The molecule has 2 rings (SSSR count). The minimum Gasteiger partial charge on any atom is -0.506 e. The van der Waals surface area contributed by atoms with Crippen molar-refractivity contribution in [3.05, 3.63) is 27.2 Å². The van der Waals surface area contributed by atoms with E-state index in [0.717, 1.165) is 22.9 Å². The molecule has 0 bridgehead atoms. The van der Waals surface area contributed by atoms with Gasteiger partial charge < -0.3 is 10.8 Å². The summed E-state index contributed by atoms with van der Waals surface area (Å²) in [5, 5.41) is 10.1. The summed E-state index contributed by atoms with van der Waals surface area (Å²) < 4.78 is 0.853. The maximum atomic E-state index is 9.74. The van der Waals surface area contributed by atoms with Crippen LogP contribution in [0, 0.1) is 5.92 Å². The minimum atomic E-state index is -0.0926. The number of hydrogen-bond acceptors (Lipinski definition) is 2. The Bertz CT molecular complexity index is 365. The summed E-state index contributed by atoms with van der Waals surface area (Å²) in [5.74, 6) is 0.625. The van der Waals surface area contributed by atoms with Crippen LogP contribution >= 0.6 is 27.5 Å². The van der Waals surface area contributed by atoms with Crippen molar-refractivity contribution in [3.8, 4) is 5.75 Å². The number of hydrogen-bond donors (Lipinski definition) is 2. The van der Waals surface area contributed by atoms with Crippen molar-refractivity contribution in [3.63, 3.8) is 0 Å². The van der Waals surface area contributed by atoms with Crippen molar-refractivity contribution in [2.75, 3.05) is 0 Å². The molecule has 1 aromatic carbocycles. The number of phenolic OH excluding ortho intramolecular Hbond substituents is 1. The van der Waals surface area contributed by atoms with Crippen LogP contribution in [0.1, 0.15) is 24.4 Å². The van der Waals surface area contributed by atoms with Gasteiger partial charge in [0, 0.05) is 16.1 Å². The highest BCUT2D eigenvalue weighted by Crippen LogP contribution is 2.44. The Morgan fingerprint density at radius 2 is 2.14 bits per heavy atom. The molecule has 2 nitrogen and oxygen atoms in total. The lowest BCUT2D eigenvalue weighted by Crippen LogP contribution is -2.12. The molecule has 0 aliphatic heterocycles. The van der Waals surface area contributed by atoms with Gasteiger partial charge in [-0.2, -0.15) is 0 Å². The smallest absolute Gasteiger partial charge is 0.139 e. The first-order chi connectivity index (χ1) is 6.59. The number of benzene rings is 1. The summed E-state index contributed by atoms with van der Waals surface area (Å²) in [6.07, 6.45) is 2.29. The Kier molecular flexibility index (Phi) is 2.73.